The lowest BCUT2D eigenvalue weighted by molar-refractivity contribution is 0.120. The van der Waals surface area contributed by atoms with Crippen LogP contribution in [0.4, 0.5) is 16.0 Å². The van der Waals surface area contributed by atoms with Crippen molar-refractivity contribution in [2.45, 2.75) is 0 Å². The molecule has 2 heterocycles. The average Bonchev–Trinajstić information content (AvgIpc) is 2.96. The molecule has 0 radical (unpaired) electrons. The Morgan fingerprint density at radius 1 is 1.10 bits per heavy atom. The third-order valence-electron chi connectivity index (χ3n) is 3.12. The van der Waals surface area contributed by atoms with Crippen molar-refractivity contribution in [3.8, 4) is 0 Å². The Morgan fingerprint density at radius 2 is 1.90 bits per heavy atom. The standard InChI is InChI=1S/C15H15FN2O2/c16-13-3-1-2-4-14(13)17-11-12-5-6-15(20-12)18-7-9-19-10-8-18/h1-6,11H,7-10H2. The van der Waals surface area contributed by atoms with Gasteiger partial charge in [-0.15, -0.1) is 0 Å². The zero-order chi connectivity index (χ0) is 13.8. The molecule has 0 amide bonds. The molecule has 0 atom stereocenters. The topological polar surface area (TPSA) is 38.0 Å². The first kappa shape index (κ1) is 12.9. The summed E-state index contributed by atoms with van der Waals surface area (Å²) in [6, 6.07) is 10.1. The molecule has 0 aliphatic carbocycles. The molecule has 0 spiro atoms. The van der Waals surface area contributed by atoms with Crippen molar-refractivity contribution in [1.29, 1.82) is 0 Å². The lowest BCUT2D eigenvalue weighted by atomic mass is 10.3. The van der Waals surface area contributed by atoms with Gasteiger partial charge in [-0.2, -0.15) is 0 Å². The van der Waals surface area contributed by atoms with Gasteiger partial charge in [0.05, 0.1) is 25.1 Å². The minimum absolute atomic E-state index is 0.303. The van der Waals surface area contributed by atoms with Crippen LogP contribution in [-0.2, 0) is 4.74 Å². The second-order valence-electron chi connectivity index (χ2n) is 4.49. The smallest absolute Gasteiger partial charge is 0.196 e. The SMILES string of the molecule is Fc1ccccc1N=Cc1ccc(N2CCOCC2)o1. The van der Waals surface area contributed by atoms with Crippen LogP contribution in [-0.4, -0.2) is 32.5 Å². The lowest BCUT2D eigenvalue weighted by Gasteiger charge is -2.26. The van der Waals surface area contributed by atoms with Gasteiger partial charge in [-0.1, -0.05) is 12.1 Å². The molecule has 1 aliphatic heterocycles. The van der Waals surface area contributed by atoms with Gasteiger partial charge in [-0.25, -0.2) is 9.38 Å². The van der Waals surface area contributed by atoms with Crippen molar-refractivity contribution < 1.29 is 13.5 Å². The summed E-state index contributed by atoms with van der Waals surface area (Å²) in [6.07, 6.45) is 1.53. The van der Waals surface area contributed by atoms with Crippen LogP contribution >= 0.6 is 0 Å². The molecule has 1 fully saturated rings. The highest BCUT2D eigenvalue weighted by Gasteiger charge is 2.14. The van der Waals surface area contributed by atoms with E-state index in [-0.39, 0.29) is 5.82 Å². The highest BCUT2D eigenvalue weighted by Crippen LogP contribution is 2.20. The minimum Gasteiger partial charge on any atom is -0.440 e. The molecular weight excluding hydrogens is 259 g/mol. The first-order valence-electron chi connectivity index (χ1n) is 6.54. The fourth-order valence-corrected chi connectivity index (χ4v) is 2.05. The van der Waals surface area contributed by atoms with Gasteiger partial charge in [-0.3, -0.25) is 0 Å². The van der Waals surface area contributed by atoms with Crippen LogP contribution in [0.3, 0.4) is 0 Å². The van der Waals surface area contributed by atoms with Crippen LogP contribution in [0.1, 0.15) is 5.76 Å². The molecule has 0 N–H and O–H groups in total. The fraction of sp³-hybridized carbons (Fsp3) is 0.267. The van der Waals surface area contributed by atoms with Gasteiger partial charge >= 0.3 is 0 Å². The zero-order valence-electron chi connectivity index (χ0n) is 11.0. The Hall–Kier alpha value is -2.14. The highest BCUT2D eigenvalue weighted by molar-refractivity contribution is 5.79. The van der Waals surface area contributed by atoms with Crippen molar-refractivity contribution in [2.24, 2.45) is 4.99 Å². The van der Waals surface area contributed by atoms with Gasteiger partial charge in [0.25, 0.3) is 0 Å². The van der Waals surface area contributed by atoms with E-state index in [4.69, 9.17) is 9.15 Å². The third-order valence-corrected chi connectivity index (χ3v) is 3.12. The number of benzene rings is 1. The first-order valence-corrected chi connectivity index (χ1v) is 6.54. The molecule has 104 valence electrons. The maximum absolute atomic E-state index is 13.4. The number of rotatable bonds is 3. The zero-order valence-corrected chi connectivity index (χ0v) is 11.0. The van der Waals surface area contributed by atoms with Crippen molar-refractivity contribution in [3.63, 3.8) is 0 Å². The average molecular weight is 274 g/mol. The van der Waals surface area contributed by atoms with E-state index in [0.29, 0.717) is 24.7 Å². The van der Waals surface area contributed by atoms with Crippen LogP contribution in [0, 0.1) is 5.82 Å². The Balaban J connectivity index is 1.72. The van der Waals surface area contributed by atoms with Gasteiger partial charge in [0.15, 0.2) is 5.88 Å². The molecule has 2 aromatic rings. The second-order valence-corrected chi connectivity index (χ2v) is 4.49. The summed E-state index contributed by atoms with van der Waals surface area (Å²) < 4.78 is 24.4. The minimum atomic E-state index is -0.344. The summed E-state index contributed by atoms with van der Waals surface area (Å²) in [5.41, 5.74) is 0.303. The van der Waals surface area contributed by atoms with Crippen LogP contribution < -0.4 is 4.90 Å². The number of hydrogen-bond acceptors (Lipinski definition) is 4. The van der Waals surface area contributed by atoms with E-state index in [0.717, 1.165) is 19.0 Å². The van der Waals surface area contributed by atoms with Gasteiger partial charge < -0.3 is 14.1 Å². The summed E-state index contributed by atoms with van der Waals surface area (Å²) in [6.45, 7) is 3.05. The Bertz CT molecular complexity index is 603. The fourth-order valence-electron chi connectivity index (χ4n) is 2.05. The van der Waals surface area contributed by atoms with Crippen molar-refractivity contribution in [2.75, 3.05) is 31.2 Å². The summed E-state index contributed by atoms with van der Waals surface area (Å²) in [7, 11) is 0. The van der Waals surface area contributed by atoms with Crippen LogP contribution in [0.2, 0.25) is 0 Å². The van der Waals surface area contributed by atoms with Gasteiger partial charge in [0.1, 0.15) is 11.6 Å². The molecule has 1 aromatic carbocycles. The quantitative estimate of drug-likeness (QED) is 0.807. The number of aliphatic imine (C=N–C) groups is 1. The normalized spacial score (nSPS) is 15.9. The number of halogens is 1. The predicted molar refractivity (Wildman–Crippen MR) is 75.4 cm³/mol. The molecular formula is C15H15FN2O2. The molecule has 20 heavy (non-hydrogen) atoms. The van der Waals surface area contributed by atoms with E-state index in [1.807, 2.05) is 12.1 Å². The molecule has 0 bridgehead atoms. The van der Waals surface area contributed by atoms with E-state index >= 15 is 0 Å². The van der Waals surface area contributed by atoms with Crippen molar-refractivity contribution in [3.05, 3.63) is 48.0 Å². The molecule has 5 heteroatoms. The maximum atomic E-state index is 13.4. The molecule has 0 unspecified atom stereocenters. The van der Waals surface area contributed by atoms with E-state index in [1.54, 1.807) is 18.2 Å². The number of ether oxygens (including phenoxy) is 1. The molecule has 3 rings (SSSR count). The molecule has 0 saturated carbocycles. The predicted octanol–water partition coefficient (Wildman–Crippen LogP) is 3.01. The van der Waals surface area contributed by atoms with E-state index in [1.165, 1.54) is 12.3 Å². The number of hydrogen-bond donors (Lipinski definition) is 0. The van der Waals surface area contributed by atoms with E-state index < -0.39 is 0 Å². The number of morpholine rings is 1. The monoisotopic (exact) mass is 274 g/mol. The maximum Gasteiger partial charge on any atom is 0.196 e. The molecule has 1 aromatic heterocycles. The number of anilines is 1. The van der Waals surface area contributed by atoms with Crippen molar-refractivity contribution in [1.82, 2.24) is 0 Å². The summed E-state index contributed by atoms with van der Waals surface area (Å²) in [5.74, 6) is 1.06. The molecule has 1 saturated heterocycles. The molecule has 4 nitrogen and oxygen atoms in total. The van der Waals surface area contributed by atoms with Crippen LogP contribution in [0.25, 0.3) is 0 Å². The van der Waals surface area contributed by atoms with E-state index in [2.05, 4.69) is 9.89 Å². The van der Waals surface area contributed by atoms with Crippen LogP contribution in [0.15, 0.2) is 45.8 Å². The van der Waals surface area contributed by atoms with Crippen molar-refractivity contribution >= 4 is 17.8 Å². The largest absolute Gasteiger partial charge is 0.440 e. The second kappa shape index (κ2) is 5.88. The summed E-state index contributed by atoms with van der Waals surface area (Å²) >= 11 is 0. The number of furan rings is 1. The highest BCUT2D eigenvalue weighted by atomic mass is 19.1. The summed E-state index contributed by atoms with van der Waals surface area (Å²) in [5, 5.41) is 0. The number of para-hydroxylation sites is 1. The Labute approximate surface area is 116 Å². The molecule has 1 aliphatic rings. The lowest BCUT2D eigenvalue weighted by Crippen LogP contribution is -2.35. The van der Waals surface area contributed by atoms with Gasteiger partial charge in [0.2, 0.25) is 0 Å². The first-order chi connectivity index (χ1) is 9.83. The van der Waals surface area contributed by atoms with Crippen LogP contribution in [0.5, 0.6) is 0 Å². The number of nitrogens with zero attached hydrogens (tertiary/aromatic N) is 2. The third kappa shape index (κ3) is 2.88. The summed E-state index contributed by atoms with van der Waals surface area (Å²) in [4.78, 5) is 6.21. The van der Waals surface area contributed by atoms with E-state index in [9.17, 15) is 4.39 Å². The van der Waals surface area contributed by atoms with Gasteiger partial charge in [-0.05, 0) is 18.2 Å². The van der Waals surface area contributed by atoms with Gasteiger partial charge in [0, 0.05) is 19.2 Å². The Kier molecular flexibility index (Phi) is 3.78. The Morgan fingerprint density at radius 3 is 2.70 bits per heavy atom.